The van der Waals surface area contributed by atoms with Gasteiger partial charge in [-0.05, 0) is 31.2 Å². The Morgan fingerprint density at radius 3 is 2.37 bits per heavy atom. The van der Waals surface area contributed by atoms with E-state index < -0.39 is 10.0 Å². The molecule has 0 saturated heterocycles. The lowest BCUT2D eigenvalue weighted by atomic mass is 10.2. The maximum Gasteiger partial charge on any atom is 0.276 e. The molecule has 0 atom stereocenters. The van der Waals surface area contributed by atoms with Crippen LogP contribution in [-0.4, -0.2) is 42.6 Å². The third-order valence-corrected chi connectivity index (χ3v) is 4.78. The fourth-order valence-corrected chi connectivity index (χ4v) is 3.13. The highest BCUT2D eigenvalue weighted by Gasteiger charge is 2.16. The molecular weight excluding hydrogens is 372 g/mol. The molecule has 2 rings (SSSR count). The molecule has 27 heavy (non-hydrogen) atoms. The van der Waals surface area contributed by atoms with E-state index in [1.54, 1.807) is 18.2 Å². The SMILES string of the molecule is CCOc1cccc(/C=N/NS(=O)(=O)c2ccc(OC)c(OC)c2)c1OC. The fourth-order valence-electron chi connectivity index (χ4n) is 2.32. The lowest BCUT2D eigenvalue weighted by Gasteiger charge is -2.11. The number of hydrazone groups is 1. The summed E-state index contributed by atoms with van der Waals surface area (Å²) in [5.74, 6) is 1.74. The lowest BCUT2D eigenvalue weighted by Crippen LogP contribution is -2.18. The van der Waals surface area contributed by atoms with E-state index in [1.807, 2.05) is 6.92 Å². The summed E-state index contributed by atoms with van der Waals surface area (Å²) < 4.78 is 45.9. The van der Waals surface area contributed by atoms with E-state index in [2.05, 4.69) is 9.93 Å². The van der Waals surface area contributed by atoms with Crippen LogP contribution in [0.5, 0.6) is 23.0 Å². The summed E-state index contributed by atoms with van der Waals surface area (Å²) >= 11 is 0. The number of benzene rings is 2. The van der Waals surface area contributed by atoms with E-state index >= 15 is 0 Å². The molecule has 0 amide bonds. The van der Waals surface area contributed by atoms with Crippen LogP contribution < -0.4 is 23.8 Å². The van der Waals surface area contributed by atoms with Crippen molar-refractivity contribution in [3.05, 3.63) is 42.0 Å². The molecule has 0 aromatic heterocycles. The number of methoxy groups -OCH3 is 3. The van der Waals surface area contributed by atoms with Gasteiger partial charge in [0.25, 0.3) is 10.0 Å². The molecule has 0 heterocycles. The van der Waals surface area contributed by atoms with Gasteiger partial charge in [0.1, 0.15) is 0 Å². The smallest absolute Gasteiger partial charge is 0.276 e. The number of nitrogens with one attached hydrogen (secondary N) is 1. The van der Waals surface area contributed by atoms with Crippen LogP contribution in [0.25, 0.3) is 0 Å². The number of nitrogens with zero attached hydrogens (tertiary/aromatic N) is 1. The Labute approximate surface area is 158 Å². The van der Waals surface area contributed by atoms with E-state index in [0.717, 1.165) is 0 Å². The normalized spacial score (nSPS) is 11.3. The molecule has 0 fully saturated rings. The highest BCUT2D eigenvalue weighted by atomic mass is 32.2. The Morgan fingerprint density at radius 2 is 1.74 bits per heavy atom. The zero-order valence-electron chi connectivity index (χ0n) is 15.6. The molecule has 0 aliphatic heterocycles. The number of rotatable bonds is 9. The highest BCUT2D eigenvalue weighted by molar-refractivity contribution is 7.89. The summed E-state index contributed by atoms with van der Waals surface area (Å²) in [6.07, 6.45) is 1.35. The van der Waals surface area contributed by atoms with Crippen LogP contribution in [0.1, 0.15) is 12.5 Å². The van der Waals surface area contributed by atoms with Gasteiger partial charge in [-0.15, -0.1) is 0 Å². The minimum atomic E-state index is -3.88. The summed E-state index contributed by atoms with van der Waals surface area (Å²) in [6.45, 7) is 2.33. The highest BCUT2D eigenvalue weighted by Crippen LogP contribution is 2.30. The molecule has 0 unspecified atom stereocenters. The number of sulfonamides is 1. The molecule has 2 aromatic carbocycles. The van der Waals surface area contributed by atoms with Crippen molar-refractivity contribution in [2.24, 2.45) is 5.10 Å². The van der Waals surface area contributed by atoms with E-state index in [9.17, 15) is 8.42 Å². The summed E-state index contributed by atoms with van der Waals surface area (Å²) in [5.41, 5.74) is 0.568. The van der Waals surface area contributed by atoms with Crippen molar-refractivity contribution in [3.63, 3.8) is 0 Å². The van der Waals surface area contributed by atoms with E-state index in [1.165, 1.54) is 45.7 Å². The third-order valence-electron chi connectivity index (χ3n) is 3.56. The Morgan fingerprint density at radius 1 is 1.00 bits per heavy atom. The van der Waals surface area contributed by atoms with Crippen LogP contribution in [-0.2, 0) is 10.0 Å². The van der Waals surface area contributed by atoms with Crippen LogP contribution in [0.4, 0.5) is 0 Å². The number of hydrogen-bond donors (Lipinski definition) is 1. The van der Waals surface area contributed by atoms with Gasteiger partial charge in [-0.3, -0.25) is 0 Å². The minimum Gasteiger partial charge on any atom is -0.493 e. The second-order valence-corrected chi connectivity index (χ2v) is 6.84. The van der Waals surface area contributed by atoms with Crippen molar-refractivity contribution in [2.75, 3.05) is 27.9 Å². The first-order chi connectivity index (χ1) is 13.0. The van der Waals surface area contributed by atoms with Gasteiger partial charge in [0.15, 0.2) is 23.0 Å². The Bertz CT molecular complexity index is 912. The molecule has 2 aromatic rings. The Hall–Kier alpha value is -2.94. The summed E-state index contributed by atoms with van der Waals surface area (Å²) in [4.78, 5) is 2.16. The van der Waals surface area contributed by atoms with Crippen molar-refractivity contribution in [2.45, 2.75) is 11.8 Å². The minimum absolute atomic E-state index is 0.00710. The van der Waals surface area contributed by atoms with Gasteiger partial charge in [-0.2, -0.15) is 13.5 Å². The Kier molecular flexibility index (Phi) is 6.89. The topological polar surface area (TPSA) is 95.5 Å². The van der Waals surface area contributed by atoms with Gasteiger partial charge in [-0.1, -0.05) is 6.07 Å². The van der Waals surface area contributed by atoms with E-state index in [4.69, 9.17) is 18.9 Å². The summed E-state index contributed by atoms with van der Waals surface area (Å²) in [6, 6.07) is 9.51. The van der Waals surface area contributed by atoms with Gasteiger partial charge in [0, 0.05) is 11.6 Å². The van der Waals surface area contributed by atoms with Gasteiger partial charge in [-0.25, -0.2) is 4.83 Å². The Balaban J connectivity index is 2.24. The van der Waals surface area contributed by atoms with Gasteiger partial charge in [0.2, 0.25) is 0 Å². The zero-order valence-corrected chi connectivity index (χ0v) is 16.4. The van der Waals surface area contributed by atoms with Gasteiger partial charge >= 0.3 is 0 Å². The maximum absolute atomic E-state index is 12.4. The molecule has 0 radical (unpaired) electrons. The summed E-state index contributed by atoms with van der Waals surface area (Å²) in [5, 5.41) is 3.83. The van der Waals surface area contributed by atoms with Gasteiger partial charge < -0.3 is 18.9 Å². The largest absolute Gasteiger partial charge is 0.493 e. The molecule has 0 saturated carbocycles. The lowest BCUT2D eigenvalue weighted by molar-refractivity contribution is 0.310. The zero-order chi connectivity index (χ0) is 19.9. The van der Waals surface area contributed by atoms with Gasteiger partial charge in [0.05, 0.1) is 39.0 Å². The van der Waals surface area contributed by atoms with Crippen molar-refractivity contribution >= 4 is 16.2 Å². The molecule has 8 nitrogen and oxygen atoms in total. The average Bonchev–Trinajstić information content (AvgIpc) is 2.67. The molecular formula is C18H22N2O6S. The number of ether oxygens (including phenoxy) is 4. The van der Waals surface area contributed by atoms with E-state index in [-0.39, 0.29) is 4.90 Å². The van der Waals surface area contributed by atoms with Crippen LogP contribution in [0.2, 0.25) is 0 Å². The maximum atomic E-state index is 12.4. The first-order valence-electron chi connectivity index (χ1n) is 8.03. The quantitative estimate of drug-likeness (QED) is 0.518. The fraction of sp³-hybridized carbons (Fsp3) is 0.278. The molecule has 146 valence electrons. The van der Waals surface area contributed by atoms with Crippen LogP contribution in [0.15, 0.2) is 46.4 Å². The van der Waals surface area contributed by atoms with Crippen LogP contribution in [0, 0.1) is 0 Å². The van der Waals surface area contributed by atoms with Crippen LogP contribution >= 0.6 is 0 Å². The van der Waals surface area contributed by atoms with Crippen LogP contribution in [0.3, 0.4) is 0 Å². The molecule has 0 aliphatic carbocycles. The molecule has 0 bridgehead atoms. The predicted octanol–water partition coefficient (Wildman–Crippen LogP) is 2.42. The monoisotopic (exact) mass is 394 g/mol. The first kappa shape index (κ1) is 20.4. The van der Waals surface area contributed by atoms with Crippen molar-refractivity contribution < 1.29 is 27.4 Å². The van der Waals surface area contributed by atoms with E-state index in [0.29, 0.717) is 35.2 Å². The molecule has 0 aliphatic rings. The molecule has 9 heteroatoms. The molecule has 1 N–H and O–H groups in total. The molecule has 0 spiro atoms. The third kappa shape index (κ3) is 4.82. The standard InChI is InChI=1S/C18H22N2O6S/c1-5-26-16-8-6-7-13(18(16)25-4)12-19-20-27(21,22)14-9-10-15(23-2)17(11-14)24-3/h6-12,20H,5H2,1-4H3/b19-12+. The van der Waals surface area contributed by atoms with Crippen molar-refractivity contribution in [1.29, 1.82) is 0 Å². The predicted molar refractivity (Wildman–Crippen MR) is 102 cm³/mol. The summed E-state index contributed by atoms with van der Waals surface area (Å²) in [7, 11) is 0.518. The van der Waals surface area contributed by atoms with Crippen molar-refractivity contribution in [1.82, 2.24) is 4.83 Å². The first-order valence-corrected chi connectivity index (χ1v) is 9.51. The average molecular weight is 394 g/mol. The second kappa shape index (κ2) is 9.13. The second-order valence-electron chi connectivity index (χ2n) is 5.18. The number of para-hydroxylation sites is 1. The number of hydrogen-bond acceptors (Lipinski definition) is 7. The van der Waals surface area contributed by atoms with Crippen molar-refractivity contribution in [3.8, 4) is 23.0 Å².